The lowest BCUT2D eigenvalue weighted by Gasteiger charge is -2.13. The number of H-pyrrole nitrogens is 1. The molecule has 1 atom stereocenters. The molecule has 218 valence electrons. The topological polar surface area (TPSA) is 156 Å². The zero-order valence-electron chi connectivity index (χ0n) is 22.1. The third kappa shape index (κ3) is 5.84. The van der Waals surface area contributed by atoms with Gasteiger partial charge in [0.05, 0.1) is 12.3 Å². The Morgan fingerprint density at radius 1 is 1.12 bits per heavy atom. The number of benzene rings is 2. The van der Waals surface area contributed by atoms with Crippen LogP contribution in [-0.4, -0.2) is 48.0 Å². The quantitative estimate of drug-likeness (QED) is 0.212. The summed E-state index contributed by atoms with van der Waals surface area (Å²) in [6.07, 6.45) is 2.52. The van der Waals surface area contributed by atoms with Crippen LogP contribution in [0.2, 0.25) is 0 Å². The molecular weight excluding hydrogens is 576 g/mol. The number of fused-ring (bicyclic) bond motifs is 1. The highest BCUT2D eigenvalue weighted by molar-refractivity contribution is 6.04. The first kappa shape index (κ1) is 29.9. The average molecular weight is 600 g/mol. The predicted octanol–water partition coefficient (Wildman–Crippen LogP) is 3.34. The molecule has 0 saturated heterocycles. The lowest BCUT2D eigenvalue weighted by atomic mass is 10.2. The summed E-state index contributed by atoms with van der Waals surface area (Å²) >= 11 is 0. The van der Waals surface area contributed by atoms with E-state index >= 15 is 4.39 Å². The van der Waals surface area contributed by atoms with Gasteiger partial charge in [0.15, 0.2) is 23.0 Å². The van der Waals surface area contributed by atoms with E-state index < -0.39 is 34.4 Å². The number of hydrogen-bond acceptors (Lipinski definition) is 8. The number of aryl methyl sites for hydroxylation is 1. The Kier molecular flexibility index (Phi) is 8.68. The molecule has 42 heavy (non-hydrogen) atoms. The van der Waals surface area contributed by atoms with Crippen LogP contribution < -0.4 is 26.6 Å². The number of aliphatic hydroxyl groups excluding tert-OH is 1. The molecule has 12 nitrogen and oxygen atoms in total. The van der Waals surface area contributed by atoms with Crippen molar-refractivity contribution in [3.8, 4) is 17.2 Å². The molecule has 0 aliphatic rings. The summed E-state index contributed by atoms with van der Waals surface area (Å²) < 4.78 is 36.0. The molecule has 1 amide bonds. The van der Waals surface area contributed by atoms with E-state index in [1.807, 2.05) is 0 Å². The summed E-state index contributed by atoms with van der Waals surface area (Å²) in [6, 6.07) is 9.51. The highest BCUT2D eigenvalue weighted by Crippen LogP contribution is 2.34. The van der Waals surface area contributed by atoms with Crippen LogP contribution in [0.1, 0.15) is 17.3 Å². The van der Waals surface area contributed by atoms with Crippen molar-refractivity contribution in [3.05, 3.63) is 99.0 Å². The second-order valence-electron chi connectivity index (χ2n) is 9.09. The van der Waals surface area contributed by atoms with Crippen LogP contribution in [0, 0.1) is 11.6 Å². The minimum Gasteiger partial charge on any atom is -0.453 e. The first-order valence-electron chi connectivity index (χ1n) is 12.2. The van der Waals surface area contributed by atoms with Gasteiger partial charge in [0, 0.05) is 43.3 Å². The number of amides is 1. The van der Waals surface area contributed by atoms with E-state index in [-0.39, 0.29) is 47.9 Å². The molecule has 5 rings (SSSR count). The molecule has 0 radical (unpaired) electrons. The van der Waals surface area contributed by atoms with Crippen LogP contribution in [0.4, 0.5) is 20.3 Å². The molecule has 0 fully saturated rings. The summed E-state index contributed by atoms with van der Waals surface area (Å²) in [6.45, 7) is 1.60. The number of aromatic amines is 1. The number of aromatic nitrogens is 5. The minimum absolute atomic E-state index is 0. The Hall–Kier alpha value is -5.08. The van der Waals surface area contributed by atoms with Gasteiger partial charge in [-0.3, -0.25) is 14.7 Å². The van der Waals surface area contributed by atoms with Gasteiger partial charge in [0.2, 0.25) is 0 Å². The normalized spacial score (nSPS) is 11.5. The maximum Gasteiger partial charge on any atom is 0.335 e. The highest BCUT2D eigenvalue weighted by Gasteiger charge is 2.20. The van der Waals surface area contributed by atoms with E-state index in [1.165, 1.54) is 43.6 Å². The van der Waals surface area contributed by atoms with E-state index in [2.05, 4.69) is 25.8 Å². The molecule has 4 N–H and O–H groups in total. The molecule has 2 aromatic carbocycles. The average Bonchev–Trinajstić information content (AvgIpc) is 3.36. The van der Waals surface area contributed by atoms with Crippen molar-refractivity contribution in [2.45, 2.75) is 13.0 Å². The van der Waals surface area contributed by atoms with Crippen molar-refractivity contribution >= 4 is 40.9 Å². The van der Waals surface area contributed by atoms with Gasteiger partial charge in [-0.1, -0.05) is 0 Å². The lowest BCUT2D eigenvalue weighted by molar-refractivity contribution is 0.102. The molecule has 15 heteroatoms. The zero-order valence-corrected chi connectivity index (χ0v) is 22.9. The lowest BCUT2D eigenvalue weighted by Crippen LogP contribution is -2.41. The van der Waals surface area contributed by atoms with Crippen molar-refractivity contribution in [2.75, 3.05) is 17.2 Å². The molecule has 0 aliphatic heterocycles. The van der Waals surface area contributed by atoms with Gasteiger partial charge >= 0.3 is 5.69 Å². The fourth-order valence-corrected chi connectivity index (χ4v) is 4.01. The highest BCUT2D eigenvalue weighted by atomic mass is 35.5. The van der Waals surface area contributed by atoms with Crippen molar-refractivity contribution in [2.24, 2.45) is 7.05 Å². The molecule has 3 heterocycles. The van der Waals surface area contributed by atoms with Crippen LogP contribution in [-0.2, 0) is 7.05 Å². The number of aliphatic hydroxyl groups is 1. The number of ether oxygens (including phenoxy) is 1. The monoisotopic (exact) mass is 599 g/mol. The number of anilines is 2. The number of pyridine rings is 1. The fourth-order valence-electron chi connectivity index (χ4n) is 4.01. The fraction of sp³-hybridized carbons (Fsp3) is 0.148. The maximum absolute atomic E-state index is 15.1. The smallest absolute Gasteiger partial charge is 0.335 e. The van der Waals surface area contributed by atoms with Gasteiger partial charge in [0.25, 0.3) is 11.5 Å². The standard InChI is InChI=1S/C27H23F2N7O5.ClH/c1-14(13-37)31-24-22-21(9-10-30-23(22)33-34-24)41-20-8-5-16(11-19(20)29)32-25(38)18-12-35(2)27(40)36(26(18)39)17-6-3-15(28)4-7-17;/h3-12,14,37H,13H2,1-2H3,(H,32,38)(H2,30,31,33,34);1H/t14-;/m1./s1. The number of halogens is 3. The number of carbonyl (C=O) groups excluding carboxylic acids is 1. The van der Waals surface area contributed by atoms with E-state index in [4.69, 9.17) is 4.74 Å². The summed E-state index contributed by atoms with van der Waals surface area (Å²) in [5, 5.41) is 22.1. The van der Waals surface area contributed by atoms with Gasteiger partial charge in [-0.15, -0.1) is 12.4 Å². The first-order chi connectivity index (χ1) is 19.7. The van der Waals surface area contributed by atoms with Crippen LogP contribution >= 0.6 is 12.4 Å². The third-order valence-corrected chi connectivity index (χ3v) is 6.07. The van der Waals surface area contributed by atoms with Crippen LogP contribution in [0.3, 0.4) is 0 Å². The minimum atomic E-state index is -0.931. The summed E-state index contributed by atoms with van der Waals surface area (Å²) in [7, 11) is 1.35. The maximum atomic E-state index is 15.1. The van der Waals surface area contributed by atoms with Crippen molar-refractivity contribution < 1.29 is 23.4 Å². The van der Waals surface area contributed by atoms with E-state index in [0.717, 1.165) is 33.5 Å². The molecule has 3 aromatic heterocycles. The zero-order chi connectivity index (χ0) is 29.3. The molecule has 0 saturated carbocycles. The third-order valence-electron chi connectivity index (χ3n) is 6.07. The number of hydrogen-bond donors (Lipinski definition) is 4. The van der Waals surface area contributed by atoms with Gasteiger partial charge in [-0.05, 0) is 43.3 Å². The van der Waals surface area contributed by atoms with Crippen molar-refractivity contribution in [1.82, 2.24) is 24.3 Å². The summed E-state index contributed by atoms with van der Waals surface area (Å²) in [5.74, 6) is -1.85. The van der Waals surface area contributed by atoms with E-state index in [1.54, 1.807) is 6.92 Å². The largest absolute Gasteiger partial charge is 0.453 e. The SMILES string of the molecule is C[C@H](CO)Nc1n[nH]c2nccc(Oc3ccc(NC(=O)c4cn(C)c(=O)n(-c5ccc(F)cc5)c4=O)cc3F)c12.Cl. The Morgan fingerprint density at radius 3 is 2.55 bits per heavy atom. The first-order valence-corrected chi connectivity index (χ1v) is 12.2. The van der Waals surface area contributed by atoms with E-state index in [9.17, 15) is 23.9 Å². The van der Waals surface area contributed by atoms with Crippen molar-refractivity contribution in [3.63, 3.8) is 0 Å². The molecular formula is C27H24ClF2N7O5. The Labute approximate surface area is 242 Å². The molecule has 5 aromatic rings. The van der Waals surface area contributed by atoms with Gasteiger partial charge in [0.1, 0.15) is 22.5 Å². The number of nitrogens with zero attached hydrogens (tertiary/aromatic N) is 4. The Balaban J connectivity index is 0.00000405. The summed E-state index contributed by atoms with van der Waals surface area (Å²) in [5.41, 5.74) is -1.59. The number of rotatable bonds is 8. The second kappa shape index (κ2) is 12.2. The molecule has 0 spiro atoms. The van der Waals surface area contributed by atoms with Gasteiger partial charge in [-0.25, -0.2) is 23.1 Å². The van der Waals surface area contributed by atoms with Crippen LogP contribution in [0.25, 0.3) is 16.7 Å². The van der Waals surface area contributed by atoms with Crippen LogP contribution in [0.15, 0.2) is 70.5 Å². The van der Waals surface area contributed by atoms with Crippen molar-refractivity contribution in [1.29, 1.82) is 0 Å². The molecule has 0 aliphatic carbocycles. The van der Waals surface area contributed by atoms with E-state index in [0.29, 0.717) is 16.9 Å². The van der Waals surface area contributed by atoms with Gasteiger partial charge < -0.3 is 25.0 Å². The molecule has 0 unspecified atom stereocenters. The second-order valence-corrected chi connectivity index (χ2v) is 9.09. The Bertz CT molecular complexity index is 1890. The van der Waals surface area contributed by atoms with Crippen LogP contribution in [0.5, 0.6) is 11.5 Å². The Morgan fingerprint density at radius 2 is 1.86 bits per heavy atom. The van der Waals surface area contributed by atoms with Gasteiger partial charge in [-0.2, -0.15) is 5.10 Å². The molecule has 0 bridgehead atoms. The predicted molar refractivity (Wildman–Crippen MR) is 153 cm³/mol. The number of carbonyl (C=O) groups is 1. The number of nitrogens with one attached hydrogen (secondary N) is 3. The summed E-state index contributed by atoms with van der Waals surface area (Å²) in [4.78, 5) is 42.8.